The molecule has 2 aliphatic heterocycles. The Kier molecular flexibility index (Phi) is 6.24. The maximum absolute atomic E-state index is 13.1. The molecule has 3 heterocycles. The van der Waals surface area contributed by atoms with Crippen molar-refractivity contribution in [3.8, 4) is 0 Å². The number of imide groups is 1. The molecular weight excluding hydrogens is 424 g/mol. The van der Waals surface area contributed by atoms with Gasteiger partial charge in [0.2, 0.25) is 5.91 Å². The van der Waals surface area contributed by atoms with Gasteiger partial charge >= 0.3 is 6.03 Å². The van der Waals surface area contributed by atoms with Gasteiger partial charge in [-0.3, -0.25) is 19.3 Å². The van der Waals surface area contributed by atoms with Crippen molar-refractivity contribution in [1.29, 1.82) is 0 Å². The molecule has 180 valence electrons. The van der Waals surface area contributed by atoms with Crippen LogP contribution in [0.3, 0.4) is 0 Å². The first-order chi connectivity index (χ1) is 15.6. The lowest BCUT2D eigenvalue weighted by Crippen LogP contribution is -2.51. The van der Waals surface area contributed by atoms with Crippen LogP contribution in [0.2, 0.25) is 0 Å². The molecule has 1 aliphatic carbocycles. The second-order valence-corrected chi connectivity index (χ2v) is 10.7. The first kappa shape index (κ1) is 23.3. The van der Waals surface area contributed by atoms with Crippen molar-refractivity contribution in [3.63, 3.8) is 0 Å². The van der Waals surface area contributed by atoms with E-state index in [-0.39, 0.29) is 35.7 Å². The third-order valence-electron chi connectivity index (χ3n) is 7.53. The lowest BCUT2D eigenvalue weighted by Gasteiger charge is -2.40. The van der Waals surface area contributed by atoms with E-state index in [1.807, 2.05) is 0 Å². The van der Waals surface area contributed by atoms with Gasteiger partial charge in [-0.1, -0.05) is 20.8 Å². The summed E-state index contributed by atoms with van der Waals surface area (Å²) in [5.74, 6) is -0.204. The van der Waals surface area contributed by atoms with Crippen molar-refractivity contribution in [3.05, 3.63) is 24.2 Å². The molecule has 0 radical (unpaired) electrons. The number of hydrogen-bond acceptors (Lipinski definition) is 5. The van der Waals surface area contributed by atoms with Gasteiger partial charge in [-0.15, -0.1) is 0 Å². The summed E-state index contributed by atoms with van der Waals surface area (Å²) in [6.45, 7) is 7.40. The summed E-state index contributed by atoms with van der Waals surface area (Å²) in [6, 6.07) is 1.06. The normalized spacial score (nSPS) is 26.6. The Labute approximate surface area is 194 Å². The van der Waals surface area contributed by atoms with Crippen LogP contribution < -0.4 is 10.6 Å². The Morgan fingerprint density at radius 2 is 1.82 bits per heavy atom. The molecule has 2 N–H and O–H groups in total. The number of amides is 5. The van der Waals surface area contributed by atoms with Gasteiger partial charge in [-0.2, -0.15) is 0 Å². The van der Waals surface area contributed by atoms with Gasteiger partial charge in [0.05, 0.1) is 11.8 Å². The van der Waals surface area contributed by atoms with E-state index in [4.69, 9.17) is 4.42 Å². The standard InChI is InChI=1S/C24H34N4O5/c1-23(2,3)17-4-9-24(10-5-17)21(31)28(22(32)26-24)14-19(29)25-18-6-11-27(12-7-18)20(30)16-8-13-33-15-16/h8,13,15,17-18H,4-7,9-12,14H2,1-3H3,(H,25,29)(H,26,32). The number of urea groups is 1. The summed E-state index contributed by atoms with van der Waals surface area (Å²) in [4.78, 5) is 53.5. The Morgan fingerprint density at radius 3 is 2.39 bits per heavy atom. The van der Waals surface area contributed by atoms with E-state index in [2.05, 4.69) is 31.4 Å². The van der Waals surface area contributed by atoms with E-state index < -0.39 is 11.6 Å². The molecular formula is C24H34N4O5. The lowest BCUT2D eigenvalue weighted by atomic mass is 9.67. The molecule has 9 heteroatoms. The summed E-state index contributed by atoms with van der Waals surface area (Å²) in [5, 5.41) is 5.82. The maximum atomic E-state index is 13.1. The number of hydrogen-bond donors (Lipinski definition) is 2. The Bertz CT molecular complexity index is 904. The predicted molar refractivity (Wildman–Crippen MR) is 120 cm³/mol. The molecule has 4 rings (SSSR count). The predicted octanol–water partition coefficient (Wildman–Crippen LogP) is 2.53. The minimum absolute atomic E-state index is 0.0839. The largest absolute Gasteiger partial charge is 0.472 e. The monoisotopic (exact) mass is 458 g/mol. The van der Waals surface area contributed by atoms with Crippen LogP contribution in [-0.4, -0.2) is 64.8 Å². The number of furan rings is 1. The minimum Gasteiger partial charge on any atom is -0.472 e. The van der Waals surface area contributed by atoms with Crippen molar-refractivity contribution in [2.24, 2.45) is 11.3 Å². The fourth-order valence-corrected chi connectivity index (χ4v) is 5.35. The molecule has 3 aliphatic rings. The molecule has 9 nitrogen and oxygen atoms in total. The first-order valence-corrected chi connectivity index (χ1v) is 11.8. The zero-order valence-electron chi connectivity index (χ0n) is 19.7. The van der Waals surface area contributed by atoms with E-state index in [1.165, 1.54) is 12.5 Å². The molecule has 5 amide bonds. The van der Waals surface area contributed by atoms with E-state index in [1.54, 1.807) is 11.0 Å². The SMILES string of the molecule is CC(C)(C)C1CCC2(CC1)NC(=O)N(CC(=O)NC1CCN(C(=O)c3ccoc3)CC1)C2=O. The van der Waals surface area contributed by atoms with Crippen molar-refractivity contribution in [2.45, 2.75) is 70.9 Å². The number of nitrogens with zero attached hydrogens (tertiary/aromatic N) is 2. The average Bonchev–Trinajstić information content (AvgIpc) is 3.38. The number of carbonyl (C=O) groups is 4. The molecule has 1 spiro atoms. The van der Waals surface area contributed by atoms with Crippen LogP contribution in [0, 0.1) is 11.3 Å². The second kappa shape index (κ2) is 8.83. The van der Waals surface area contributed by atoms with Gasteiger partial charge in [0.15, 0.2) is 0 Å². The Hall–Kier alpha value is -2.84. The number of likely N-dealkylation sites (tertiary alicyclic amines) is 1. The molecule has 0 bridgehead atoms. The van der Waals surface area contributed by atoms with Crippen molar-refractivity contribution in [2.75, 3.05) is 19.6 Å². The Morgan fingerprint density at radius 1 is 1.15 bits per heavy atom. The van der Waals surface area contributed by atoms with Gasteiger partial charge in [-0.05, 0) is 55.9 Å². The van der Waals surface area contributed by atoms with E-state index in [9.17, 15) is 19.2 Å². The highest BCUT2D eigenvalue weighted by atomic mass is 16.3. The third kappa shape index (κ3) is 4.77. The fraction of sp³-hybridized carbons (Fsp3) is 0.667. The van der Waals surface area contributed by atoms with E-state index in [0.29, 0.717) is 50.3 Å². The fourth-order valence-electron chi connectivity index (χ4n) is 5.35. The molecule has 33 heavy (non-hydrogen) atoms. The Balaban J connectivity index is 1.27. The highest BCUT2D eigenvalue weighted by molar-refractivity contribution is 6.09. The molecule has 0 unspecified atom stereocenters. The zero-order chi connectivity index (χ0) is 23.8. The number of rotatable bonds is 4. The molecule has 1 aromatic rings. The summed E-state index contributed by atoms with van der Waals surface area (Å²) in [7, 11) is 0. The van der Waals surface area contributed by atoms with Gasteiger partial charge in [-0.25, -0.2) is 4.79 Å². The minimum atomic E-state index is -0.863. The molecule has 1 saturated carbocycles. The zero-order valence-corrected chi connectivity index (χ0v) is 19.7. The summed E-state index contributed by atoms with van der Waals surface area (Å²) in [6.07, 6.45) is 7.12. The van der Waals surface area contributed by atoms with E-state index in [0.717, 1.165) is 17.7 Å². The van der Waals surface area contributed by atoms with Gasteiger partial charge in [0, 0.05) is 19.1 Å². The topological polar surface area (TPSA) is 112 Å². The van der Waals surface area contributed by atoms with Gasteiger partial charge < -0.3 is 20.0 Å². The van der Waals surface area contributed by atoms with Crippen molar-refractivity contribution in [1.82, 2.24) is 20.4 Å². The molecule has 2 saturated heterocycles. The third-order valence-corrected chi connectivity index (χ3v) is 7.53. The molecule has 1 aromatic heterocycles. The van der Waals surface area contributed by atoms with Crippen LogP contribution in [0.25, 0.3) is 0 Å². The van der Waals surface area contributed by atoms with Crippen molar-refractivity contribution < 1.29 is 23.6 Å². The van der Waals surface area contributed by atoms with Gasteiger partial charge in [0.25, 0.3) is 11.8 Å². The highest BCUT2D eigenvalue weighted by Crippen LogP contribution is 2.43. The van der Waals surface area contributed by atoms with Crippen molar-refractivity contribution >= 4 is 23.8 Å². The summed E-state index contributed by atoms with van der Waals surface area (Å²) < 4.78 is 4.97. The number of carbonyl (C=O) groups excluding carboxylic acids is 4. The lowest BCUT2D eigenvalue weighted by molar-refractivity contribution is -0.136. The molecule has 0 aromatic carbocycles. The number of nitrogens with one attached hydrogen (secondary N) is 2. The second-order valence-electron chi connectivity index (χ2n) is 10.7. The smallest absolute Gasteiger partial charge is 0.325 e. The highest BCUT2D eigenvalue weighted by Gasteiger charge is 2.53. The quantitative estimate of drug-likeness (QED) is 0.674. The first-order valence-electron chi connectivity index (χ1n) is 11.8. The molecule has 0 atom stereocenters. The maximum Gasteiger partial charge on any atom is 0.325 e. The summed E-state index contributed by atoms with van der Waals surface area (Å²) in [5.41, 5.74) is -0.176. The van der Waals surface area contributed by atoms with Crippen LogP contribution >= 0.6 is 0 Å². The van der Waals surface area contributed by atoms with Crippen LogP contribution in [0.1, 0.15) is 69.7 Å². The van der Waals surface area contributed by atoms with Crippen LogP contribution in [0.5, 0.6) is 0 Å². The van der Waals surface area contributed by atoms with E-state index >= 15 is 0 Å². The van der Waals surface area contributed by atoms with Crippen LogP contribution in [-0.2, 0) is 9.59 Å². The van der Waals surface area contributed by atoms with Crippen LogP contribution in [0.15, 0.2) is 23.0 Å². The number of piperidine rings is 1. The molecule has 3 fully saturated rings. The summed E-state index contributed by atoms with van der Waals surface area (Å²) >= 11 is 0. The van der Waals surface area contributed by atoms with Gasteiger partial charge in [0.1, 0.15) is 18.3 Å². The van der Waals surface area contributed by atoms with Crippen LogP contribution in [0.4, 0.5) is 4.79 Å². The average molecular weight is 459 g/mol.